The highest BCUT2D eigenvalue weighted by molar-refractivity contribution is 5.77. The summed E-state index contributed by atoms with van der Waals surface area (Å²) in [6.07, 6.45) is 1.86. The van der Waals surface area contributed by atoms with Crippen molar-refractivity contribution in [3.63, 3.8) is 0 Å². The van der Waals surface area contributed by atoms with Crippen molar-refractivity contribution in [1.82, 2.24) is 4.90 Å². The molecule has 3 heteroatoms. The molecule has 3 N–H and O–H groups in total. The quantitative estimate of drug-likeness (QED) is 0.508. The highest BCUT2D eigenvalue weighted by atomic mass is 15.1. The van der Waals surface area contributed by atoms with E-state index >= 15 is 0 Å². The molecule has 0 aliphatic rings. The Morgan fingerprint density at radius 3 is 2.07 bits per heavy atom. The van der Waals surface area contributed by atoms with Crippen molar-refractivity contribution in [3.8, 4) is 0 Å². The van der Waals surface area contributed by atoms with Crippen LogP contribution >= 0.6 is 0 Å². The fourth-order valence-corrected chi connectivity index (χ4v) is 1.75. The fourth-order valence-electron chi connectivity index (χ4n) is 1.75. The minimum Gasteiger partial charge on any atom is -0.388 e. The molecule has 0 aromatic rings. The minimum absolute atomic E-state index is 0.279. The molecule has 0 saturated carbocycles. The third-order valence-electron chi connectivity index (χ3n) is 2.72. The van der Waals surface area contributed by atoms with E-state index in [9.17, 15) is 0 Å². The Morgan fingerprint density at radius 2 is 1.71 bits per heavy atom. The lowest BCUT2D eigenvalue weighted by Gasteiger charge is -2.31. The van der Waals surface area contributed by atoms with E-state index in [0.717, 1.165) is 5.92 Å². The van der Waals surface area contributed by atoms with Gasteiger partial charge in [0.25, 0.3) is 0 Å². The Labute approximate surface area is 88.2 Å². The first-order valence-electron chi connectivity index (χ1n) is 5.39. The smallest absolute Gasteiger partial charge is 0.0920 e. The molecule has 0 fully saturated rings. The molecular weight excluding hydrogens is 174 g/mol. The summed E-state index contributed by atoms with van der Waals surface area (Å²) in [5, 5.41) is 7.25. The predicted molar refractivity (Wildman–Crippen MR) is 62.7 cm³/mol. The first-order chi connectivity index (χ1) is 6.34. The van der Waals surface area contributed by atoms with Crippen LogP contribution in [0.2, 0.25) is 0 Å². The largest absolute Gasteiger partial charge is 0.388 e. The maximum Gasteiger partial charge on any atom is 0.0920 e. The Kier molecular flexibility index (Phi) is 5.77. The van der Waals surface area contributed by atoms with Crippen molar-refractivity contribution in [3.05, 3.63) is 0 Å². The maximum absolute atomic E-state index is 7.25. The molecule has 0 aliphatic carbocycles. The first kappa shape index (κ1) is 13.4. The van der Waals surface area contributed by atoms with Crippen LogP contribution in [0.1, 0.15) is 40.5 Å². The zero-order valence-corrected chi connectivity index (χ0v) is 10.2. The Hall–Kier alpha value is -0.570. The average Bonchev–Trinajstić information content (AvgIpc) is 2.00. The third-order valence-corrected chi connectivity index (χ3v) is 2.72. The van der Waals surface area contributed by atoms with Gasteiger partial charge in [0.1, 0.15) is 0 Å². The van der Waals surface area contributed by atoms with E-state index in [1.165, 1.54) is 6.42 Å². The molecule has 0 aliphatic heterocycles. The Morgan fingerprint density at radius 1 is 1.21 bits per heavy atom. The van der Waals surface area contributed by atoms with Crippen LogP contribution in [-0.2, 0) is 0 Å². The van der Waals surface area contributed by atoms with Crippen molar-refractivity contribution in [2.24, 2.45) is 11.7 Å². The van der Waals surface area contributed by atoms with Crippen molar-refractivity contribution >= 4 is 5.84 Å². The van der Waals surface area contributed by atoms with Crippen molar-refractivity contribution in [2.75, 3.05) is 7.05 Å². The molecule has 0 heterocycles. The summed E-state index contributed by atoms with van der Waals surface area (Å²) in [4.78, 5) is 2.31. The molecule has 2 unspecified atom stereocenters. The summed E-state index contributed by atoms with van der Waals surface area (Å²) < 4.78 is 0. The number of hydrogen-bond acceptors (Lipinski definition) is 2. The average molecular weight is 199 g/mol. The van der Waals surface area contributed by atoms with Gasteiger partial charge in [0.2, 0.25) is 0 Å². The second-order valence-corrected chi connectivity index (χ2v) is 4.72. The van der Waals surface area contributed by atoms with Crippen LogP contribution in [0.4, 0.5) is 0 Å². The van der Waals surface area contributed by atoms with E-state index in [1.807, 2.05) is 0 Å². The zero-order valence-electron chi connectivity index (χ0n) is 10.2. The molecule has 0 bridgehead atoms. The molecule has 0 amide bonds. The second-order valence-electron chi connectivity index (χ2n) is 4.72. The van der Waals surface area contributed by atoms with E-state index in [1.54, 1.807) is 0 Å². The van der Waals surface area contributed by atoms with E-state index in [0.29, 0.717) is 18.5 Å². The third kappa shape index (κ3) is 5.22. The van der Waals surface area contributed by atoms with Gasteiger partial charge < -0.3 is 10.6 Å². The molecule has 2 atom stereocenters. The van der Waals surface area contributed by atoms with Gasteiger partial charge in [0, 0.05) is 18.5 Å². The molecule has 84 valence electrons. The van der Waals surface area contributed by atoms with E-state index in [2.05, 4.69) is 39.6 Å². The fraction of sp³-hybridized carbons (Fsp3) is 0.909. The monoisotopic (exact) mass is 199 g/mol. The number of nitrogens with zero attached hydrogens (tertiary/aromatic N) is 1. The van der Waals surface area contributed by atoms with Gasteiger partial charge in [0.05, 0.1) is 5.84 Å². The minimum atomic E-state index is 0.279. The molecule has 0 spiro atoms. The molecule has 0 aromatic carbocycles. The molecule has 0 radical (unpaired) electrons. The van der Waals surface area contributed by atoms with Gasteiger partial charge in [0.15, 0.2) is 0 Å². The Balaban J connectivity index is 4.02. The summed E-state index contributed by atoms with van der Waals surface area (Å²) >= 11 is 0. The van der Waals surface area contributed by atoms with E-state index in [4.69, 9.17) is 11.1 Å². The molecule has 0 rings (SSSR count). The molecule has 0 aromatic heterocycles. The lowest BCUT2D eigenvalue weighted by atomic mass is 10.0. The summed E-state index contributed by atoms with van der Waals surface area (Å²) in [6, 6.07) is 0.922. The number of hydrogen-bond donors (Lipinski definition) is 2. The summed E-state index contributed by atoms with van der Waals surface area (Å²) in [5.74, 6) is 0.998. The standard InChI is InChI=1S/C11H25N3/c1-8(2)6-9(3)14(5)10(4)7-11(12)13/h8-10H,6-7H2,1-5H3,(H3,12,13). The first-order valence-corrected chi connectivity index (χ1v) is 5.39. The number of nitrogens with one attached hydrogen (secondary N) is 1. The Bertz CT molecular complexity index is 177. The van der Waals surface area contributed by atoms with Crippen molar-refractivity contribution in [2.45, 2.75) is 52.6 Å². The number of nitrogens with two attached hydrogens (primary N) is 1. The van der Waals surface area contributed by atoms with Crippen molar-refractivity contribution < 1.29 is 0 Å². The van der Waals surface area contributed by atoms with Gasteiger partial charge in [-0.25, -0.2) is 0 Å². The van der Waals surface area contributed by atoms with Gasteiger partial charge in [-0.1, -0.05) is 13.8 Å². The highest BCUT2D eigenvalue weighted by Gasteiger charge is 2.17. The van der Waals surface area contributed by atoms with Gasteiger partial charge in [-0.05, 0) is 33.2 Å². The van der Waals surface area contributed by atoms with Crippen molar-refractivity contribution in [1.29, 1.82) is 5.41 Å². The van der Waals surface area contributed by atoms with Gasteiger partial charge >= 0.3 is 0 Å². The highest BCUT2D eigenvalue weighted by Crippen LogP contribution is 2.13. The molecular formula is C11H25N3. The lowest BCUT2D eigenvalue weighted by Crippen LogP contribution is -2.39. The van der Waals surface area contributed by atoms with Gasteiger partial charge in [-0.3, -0.25) is 5.41 Å². The van der Waals surface area contributed by atoms with Crippen LogP contribution in [0.3, 0.4) is 0 Å². The normalized spacial score (nSPS) is 15.9. The summed E-state index contributed by atoms with van der Waals surface area (Å²) in [5.41, 5.74) is 5.39. The molecule has 0 saturated heterocycles. The van der Waals surface area contributed by atoms with Crippen LogP contribution in [-0.4, -0.2) is 29.9 Å². The summed E-state index contributed by atoms with van der Waals surface area (Å²) in [7, 11) is 2.11. The van der Waals surface area contributed by atoms with Gasteiger partial charge in [-0.15, -0.1) is 0 Å². The van der Waals surface area contributed by atoms with Crippen LogP contribution in [0.25, 0.3) is 0 Å². The van der Waals surface area contributed by atoms with Crippen LogP contribution in [0, 0.1) is 11.3 Å². The van der Waals surface area contributed by atoms with Crippen LogP contribution in [0.15, 0.2) is 0 Å². The maximum atomic E-state index is 7.25. The molecule has 14 heavy (non-hydrogen) atoms. The molecule has 3 nitrogen and oxygen atoms in total. The summed E-state index contributed by atoms with van der Waals surface area (Å²) in [6.45, 7) is 8.83. The SMILES string of the molecule is CC(C)CC(C)N(C)C(C)CC(=N)N. The topological polar surface area (TPSA) is 53.1 Å². The van der Waals surface area contributed by atoms with Crippen LogP contribution in [0.5, 0.6) is 0 Å². The van der Waals surface area contributed by atoms with Crippen LogP contribution < -0.4 is 5.73 Å². The number of amidine groups is 1. The van der Waals surface area contributed by atoms with E-state index in [-0.39, 0.29) is 5.84 Å². The zero-order chi connectivity index (χ0) is 11.3. The van der Waals surface area contributed by atoms with E-state index < -0.39 is 0 Å². The number of rotatable bonds is 6. The lowest BCUT2D eigenvalue weighted by molar-refractivity contribution is 0.178. The predicted octanol–water partition coefficient (Wildman–Crippen LogP) is 2.07. The van der Waals surface area contributed by atoms with Gasteiger partial charge in [-0.2, -0.15) is 0 Å². The second kappa shape index (κ2) is 6.02.